The Morgan fingerprint density at radius 3 is 2.72 bits per heavy atom. The van der Waals surface area contributed by atoms with Gasteiger partial charge >= 0.3 is 0 Å². The van der Waals surface area contributed by atoms with E-state index in [2.05, 4.69) is 26.8 Å². The predicted molar refractivity (Wildman–Crippen MR) is 98.4 cm³/mol. The van der Waals surface area contributed by atoms with E-state index in [9.17, 15) is 5.11 Å². The summed E-state index contributed by atoms with van der Waals surface area (Å²) in [6.45, 7) is 6.36. The lowest BCUT2D eigenvalue weighted by molar-refractivity contribution is -0.153. The van der Waals surface area contributed by atoms with Crippen LogP contribution in [0.2, 0.25) is 5.02 Å². The topological polar surface area (TPSA) is 38.7 Å². The summed E-state index contributed by atoms with van der Waals surface area (Å²) in [4.78, 5) is 0. The van der Waals surface area contributed by atoms with Gasteiger partial charge in [0.2, 0.25) is 0 Å². The molecule has 2 aliphatic rings. The molecular weight excluding hydrogens is 336 g/mol. The summed E-state index contributed by atoms with van der Waals surface area (Å²) >= 11 is 6.20. The summed E-state index contributed by atoms with van der Waals surface area (Å²) in [5.41, 5.74) is 1.81. The molecule has 25 heavy (non-hydrogen) atoms. The van der Waals surface area contributed by atoms with Gasteiger partial charge in [-0.3, -0.25) is 0 Å². The SMILES string of the molecule is C[C@@H]1O[C@@H]2c3cc(O)ccc3OC(C)(C)[C@H]2C[C@H]1c1cccc(Cl)c1. The van der Waals surface area contributed by atoms with Gasteiger partial charge in [-0.05, 0) is 63.1 Å². The molecule has 0 amide bonds. The smallest absolute Gasteiger partial charge is 0.126 e. The van der Waals surface area contributed by atoms with Crippen molar-refractivity contribution in [3.8, 4) is 11.5 Å². The second-order valence-electron chi connectivity index (χ2n) is 7.69. The molecule has 4 rings (SSSR count). The van der Waals surface area contributed by atoms with Crippen molar-refractivity contribution in [1.29, 1.82) is 0 Å². The Kier molecular flexibility index (Phi) is 3.97. The summed E-state index contributed by atoms with van der Waals surface area (Å²) in [5, 5.41) is 10.7. The van der Waals surface area contributed by atoms with Gasteiger partial charge < -0.3 is 14.6 Å². The Morgan fingerprint density at radius 2 is 1.96 bits per heavy atom. The predicted octanol–water partition coefficient (Wildman–Crippen LogP) is 5.47. The zero-order valence-corrected chi connectivity index (χ0v) is 15.5. The van der Waals surface area contributed by atoms with Crippen LogP contribution < -0.4 is 4.74 Å². The van der Waals surface area contributed by atoms with Crippen LogP contribution in [0.3, 0.4) is 0 Å². The molecule has 2 aliphatic heterocycles. The van der Waals surface area contributed by atoms with E-state index in [1.165, 1.54) is 5.56 Å². The second-order valence-corrected chi connectivity index (χ2v) is 8.13. The Hall–Kier alpha value is -1.71. The molecule has 0 radical (unpaired) electrons. The number of fused-ring (bicyclic) bond motifs is 3. The summed E-state index contributed by atoms with van der Waals surface area (Å²) in [6.07, 6.45) is 0.939. The van der Waals surface area contributed by atoms with Crippen molar-refractivity contribution in [3.63, 3.8) is 0 Å². The number of rotatable bonds is 1. The molecule has 0 aromatic heterocycles. The van der Waals surface area contributed by atoms with Gasteiger partial charge in [0.25, 0.3) is 0 Å². The largest absolute Gasteiger partial charge is 0.508 e. The van der Waals surface area contributed by atoms with E-state index < -0.39 is 0 Å². The van der Waals surface area contributed by atoms with Gasteiger partial charge in [0.1, 0.15) is 17.1 Å². The Bertz CT molecular complexity index is 801. The van der Waals surface area contributed by atoms with Crippen LogP contribution in [0.25, 0.3) is 0 Å². The van der Waals surface area contributed by atoms with Crippen LogP contribution in [0.15, 0.2) is 42.5 Å². The van der Waals surface area contributed by atoms with Crippen LogP contribution in [0.4, 0.5) is 0 Å². The van der Waals surface area contributed by atoms with Gasteiger partial charge in [-0.25, -0.2) is 0 Å². The van der Waals surface area contributed by atoms with Gasteiger partial charge in [-0.15, -0.1) is 0 Å². The van der Waals surface area contributed by atoms with Crippen molar-refractivity contribution in [3.05, 3.63) is 58.6 Å². The summed E-state index contributed by atoms with van der Waals surface area (Å²) in [7, 11) is 0. The van der Waals surface area contributed by atoms with Gasteiger partial charge in [-0.1, -0.05) is 23.7 Å². The highest BCUT2D eigenvalue weighted by Crippen LogP contribution is 2.54. The van der Waals surface area contributed by atoms with Crippen LogP contribution in [0.1, 0.15) is 50.3 Å². The Labute approximate surface area is 153 Å². The zero-order valence-electron chi connectivity index (χ0n) is 14.7. The summed E-state index contributed by atoms with van der Waals surface area (Å²) in [5.74, 6) is 1.51. The monoisotopic (exact) mass is 358 g/mol. The van der Waals surface area contributed by atoms with E-state index in [1.54, 1.807) is 12.1 Å². The molecule has 0 aliphatic carbocycles. The summed E-state index contributed by atoms with van der Waals surface area (Å²) < 4.78 is 12.7. The highest BCUT2D eigenvalue weighted by Gasteiger charge is 2.49. The minimum absolute atomic E-state index is 0.0591. The van der Waals surface area contributed by atoms with Crippen molar-refractivity contribution in [1.82, 2.24) is 0 Å². The number of phenolic OH excluding ortho intramolecular Hbond substituents is 1. The molecule has 1 fully saturated rings. The van der Waals surface area contributed by atoms with E-state index >= 15 is 0 Å². The molecule has 1 saturated heterocycles. The maximum Gasteiger partial charge on any atom is 0.126 e. The van der Waals surface area contributed by atoms with E-state index in [0.717, 1.165) is 22.8 Å². The van der Waals surface area contributed by atoms with Crippen molar-refractivity contribution >= 4 is 11.6 Å². The fourth-order valence-electron chi connectivity index (χ4n) is 4.30. The van der Waals surface area contributed by atoms with E-state index in [4.69, 9.17) is 21.1 Å². The lowest BCUT2D eigenvalue weighted by Gasteiger charge is -2.50. The molecular formula is C21H23ClO3. The maximum absolute atomic E-state index is 9.91. The third-order valence-electron chi connectivity index (χ3n) is 5.64. The fraction of sp³-hybridized carbons (Fsp3) is 0.429. The molecule has 1 N–H and O–H groups in total. The van der Waals surface area contributed by atoms with Gasteiger partial charge in [0.05, 0.1) is 12.2 Å². The first kappa shape index (κ1) is 16.7. The van der Waals surface area contributed by atoms with E-state index in [0.29, 0.717) is 0 Å². The molecule has 4 atom stereocenters. The van der Waals surface area contributed by atoms with Crippen LogP contribution in [-0.4, -0.2) is 16.8 Å². The van der Waals surface area contributed by atoms with Crippen LogP contribution >= 0.6 is 11.6 Å². The number of phenols is 1. The standard InChI is InChI=1S/C21H23ClO3/c1-12-16(13-5-4-6-14(22)9-13)11-18-20(24-12)17-10-15(23)7-8-19(17)25-21(18,2)3/h4-10,12,16,18,20,23H,11H2,1-3H3/t12-,16+,18-,20+/m0/s1. The molecule has 3 nitrogen and oxygen atoms in total. The Morgan fingerprint density at radius 1 is 1.16 bits per heavy atom. The summed E-state index contributed by atoms with van der Waals surface area (Å²) in [6, 6.07) is 13.3. The molecule has 0 saturated carbocycles. The zero-order chi connectivity index (χ0) is 17.8. The maximum atomic E-state index is 9.91. The van der Waals surface area contributed by atoms with Crippen molar-refractivity contribution in [2.45, 2.75) is 50.9 Å². The first-order valence-electron chi connectivity index (χ1n) is 8.78. The Balaban J connectivity index is 1.73. The second kappa shape index (κ2) is 5.93. The quantitative estimate of drug-likeness (QED) is 0.735. The van der Waals surface area contributed by atoms with E-state index in [-0.39, 0.29) is 35.4 Å². The fourth-order valence-corrected chi connectivity index (χ4v) is 4.50. The molecule has 132 valence electrons. The lowest BCUT2D eigenvalue weighted by atomic mass is 9.70. The number of hydrogen-bond acceptors (Lipinski definition) is 3. The van der Waals surface area contributed by atoms with Crippen LogP contribution in [0.5, 0.6) is 11.5 Å². The first-order chi connectivity index (χ1) is 11.8. The number of halogens is 1. The van der Waals surface area contributed by atoms with Crippen molar-refractivity contribution in [2.75, 3.05) is 0 Å². The normalized spacial score (nSPS) is 30.1. The van der Waals surface area contributed by atoms with Gasteiger partial charge in [-0.2, -0.15) is 0 Å². The highest BCUT2D eigenvalue weighted by atomic mass is 35.5. The molecule has 2 aromatic rings. The van der Waals surface area contributed by atoms with Gasteiger partial charge in [0, 0.05) is 22.4 Å². The van der Waals surface area contributed by atoms with Crippen LogP contribution in [0, 0.1) is 5.92 Å². The molecule has 4 heteroatoms. The average molecular weight is 359 g/mol. The highest BCUT2D eigenvalue weighted by molar-refractivity contribution is 6.30. The molecule has 0 bridgehead atoms. The number of benzene rings is 2. The minimum atomic E-state index is -0.342. The van der Waals surface area contributed by atoms with Gasteiger partial charge in [0.15, 0.2) is 0 Å². The van der Waals surface area contributed by atoms with E-state index in [1.807, 2.05) is 24.3 Å². The van der Waals surface area contributed by atoms with Crippen molar-refractivity contribution in [2.24, 2.45) is 5.92 Å². The number of aromatic hydroxyl groups is 1. The molecule has 2 aromatic carbocycles. The third kappa shape index (κ3) is 2.90. The number of hydrogen-bond donors (Lipinski definition) is 1. The van der Waals surface area contributed by atoms with Crippen LogP contribution in [-0.2, 0) is 4.74 Å². The molecule has 2 heterocycles. The minimum Gasteiger partial charge on any atom is -0.508 e. The molecule has 0 unspecified atom stereocenters. The lowest BCUT2D eigenvalue weighted by Crippen LogP contribution is -2.50. The molecule has 0 spiro atoms. The first-order valence-corrected chi connectivity index (χ1v) is 9.16. The average Bonchev–Trinajstić information content (AvgIpc) is 2.55. The third-order valence-corrected chi connectivity index (χ3v) is 5.88. The van der Waals surface area contributed by atoms with Crippen molar-refractivity contribution < 1.29 is 14.6 Å². The number of ether oxygens (including phenoxy) is 2.